The average molecular weight is 456 g/mol. The van der Waals surface area contributed by atoms with Gasteiger partial charge in [-0.15, -0.1) is 0 Å². The van der Waals surface area contributed by atoms with Gasteiger partial charge >= 0.3 is 6.18 Å². The molecule has 1 aromatic carbocycles. The number of anilines is 1. The Hall–Kier alpha value is -4.20. The number of nitrogens with zero attached hydrogens (tertiary/aromatic N) is 4. The molecule has 3 aromatic rings. The molecule has 0 unspecified atom stereocenters. The SMILES string of the molecule is C[C@@]1(c2cc(NC(=O)c3ccc(C#N)cn3)ccc2F)Cn2cc(C(F)(F)F)cc2C(N)=N1. The maximum atomic E-state index is 14.8. The first-order valence-electron chi connectivity index (χ1n) is 9.61. The molecule has 0 bridgehead atoms. The number of aromatic nitrogens is 2. The van der Waals surface area contributed by atoms with E-state index in [1.54, 1.807) is 6.92 Å². The van der Waals surface area contributed by atoms with E-state index in [0.29, 0.717) is 0 Å². The standard InChI is InChI=1S/C22H16F4N6O/c1-21(11-32-10-13(22(24,25)26)6-18(32)19(28)31-21)15-7-14(3-4-16(15)23)30-20(33)17-5-2-12(8-27)9-29-17/h2-7,9-10H,11H2,1H3,(H2,28,31)(H,30,33)/t21-/m0/s1. The number of hydrogen-bond donors (Lipinski definition) is 2. The van der Waals surface area contributed by atoms with Gasteiger partial charge in [-0.1, -0.05) is 0 Å². The number of amides is 1. The lowest BCUT2D eigenvalue weighted by Gasteiger charge is -2.32. The van der Waals surface area contributed by atoms with Crippen LogP contribution in [0.5, 0.6) is 0 Å². The third-order valence-corrected chi connectivity index (χ3v) is 5.26. The number of aliphatic imine (C=N–C) groups is 1. The second-order valence-electron chi connectivity index (χ2n) is 7.70. The number of pyridine rings is 1. The summed E-state index contributed by atoms with van der Waals surface area (Å²) in [6, 6.07) is 9.41. The zero-order valence-electron chi connectivity index (χ0n) is 17.1. The lowest BCUT2D eigenvalue weighted by molar-refractivity contribution is -0.137. The predicted octanol–water partition coefficient (Wildman–Crippen LogP) is 3.80. The molecule has 2 aromatic heterocycles. The summed E-state index contributed by atoms with van der Waals surface area (Å²) in [7, 11) is 0. The quantitative estimate of drug-likeness (QED) is 0.585. The van der Waals surface area contributed by atoms with Gasteiger partial charge in [0.15, 0.2) is 0 Å². The molecule has 0 saturated carbocycles. The molecule has 1 aliphatic rings. The number of hydrogen-bond acceptors (Lipinski definition) is 5. The molecule has 1 amide bonds. The molecule has 3 N–H and O–H groups in total. The number of amidine groups is 1. The summed E-state index contributed by atoms with van der Waals surface area (Å²) in [6.45, 7) is 1.45. The summed E-state index contributed by atoms with van der Waals surface area (Å²) in [6.07, 6.45) is -2.40. The van der Waals surface area contributed by atoms with Crippen LogP contribution in [0.2, 0.25) is 0 Å². The molecule has 11 heteroatoms. The van der Waals surface area contributed by atoms with E-state index in [-0.39, 0.29) is 40.6 Å². The van der Waals surface area contributed by atoms with Crippen molar-refractivity contribution in [2.24, 2.45) is 10.7 Å². The highest BCUT2D eigenvalue weighted by Crippen LogP contribution is 2.38. The van der Waals surface area contributed by atoms with Gasteiger partial charge in [-0.2, -0.15) is 18.4 Å². The smallest absolute Gasteiger partial charge is 0.382 e. The van der Waals surface area contributed by atoms with Crippen LogP contribution < -0.4 is 11.1 Å². The Balaban J connectivity index is 1.64. The van der Waals surface area contributed by atoms with Crippen LogP contribution in [0, 0.1) is 17.1 Å². The van der Waals surface area contributed by atoms with Gasteiger partial charge in [-0.3, -0.25) is 9.79 Å². The van der Waals surface area contributed by atoms with Crippen molar-refractivity contribution in [3.63, 3.8) is 0 Å². The van der Waals surface area contributed by atoms with E-state index >= 15 is 0 Å². The fourth-order valence-corrected chi connectivity index (χ4v) is 3.65. The summed E-state index contributed by atoms with van der Waals surface area (Å²) in [5.74, 6) is -1.40. The lowest BCUT2D eigenvalue weighted by atomic mass is 9.90. The van der Waals surface area contributed by atoms with Gasteiger partial charge in [0.05, 0.1) is 23.4 Å². The minimum atomic E-state index is -4.56. The molecule has 33 heavy (non-hydrogen) atoms. The second kappa shape index (κ2) is 7.74. The van der Waals surface area contributed by atoms with Gasteiger partial charge in [-0.05, 0) is 43.3 Å². The summed E-state index contributed by atoms with van der Waals surface area (Å²) in [5, 5.41) is 11.4. The highest BCUT2D eigenvalue weighted by molar-refractivity contribution is 6.03. The van der Waals surface area contributed by atoms with Crippen molar-refractivity contribution in [3.8, 4) is 6.07 Å². The number of carbonyl (C=O) groups excluding carboxylic acids is 1. The number of nitrogens with two attached hydrogens (primary N) is 1. The van der Waals surface area contributed by atoms with Crippen molar-refractivity contribution in [1.29, 1.82) is 5.26 Å². The van der Waals surface area contributed by atoms with Crippen LogP contribution >= 0.6 is 0 Å². The molecular formula is C22H16F4N6O. The van der Waals surface area contributed by atoms with E-state index in [0.717, 1.165) is 18.3 Å². The number of rotatable bonds is 3. The molecule has 0 aliphatic carbocycles. The molecule has 3 heterocycles. The second-order valence-corrected chi connectivity index (χ2v) is 7.70. The Kier molecular flexibility index (Phi) is 5.16. The molecule has 1 atom stereocenters. The van der Waals surface area contributed by atoms with Crippen LogP contribution in [0.4, 0.5) is 23.2 Å². The van der Waals surface area contributed by atoms with E-state index in [1.165, 1.54) is 35.0 Å². The van der Waals surface area contributed by atoms with Crippen molar-refractivity contribution in [2.75, 3.05) is 5.32 Å². The Labute approximate surface area is 185 Å². The van der Waals surface area contributed by atoms with Crippen LogP contribution in [-0.2, 0) is 18.3 Å². The topological polar surface area (TPSA) is 109 Å². The zero-order chi connectivity index (χ0) is 24.0. The molecular weight excluding hydrogens is 440 g/mol. The van der Waals surface area contributed by atoms with Gasteiger partial charge in [-0.25, -0.2) is 9.37 Å². The van der Waals surface area contributed by atoms with E-state index in [1.807, 2.05) is 6.07 Å². The molecule has 1 aliphatic heterocycles. The average Bonchev–Trinajstić information content (AvgIpc) is 3.20. The van der Waals surface area contributed by atoms with Crippen LogP contribution in [0.3, 0.4) is 0 Å². The molecule has 0 saturated heterocycles. The van der Waals surface area contributed by atoms with Crippen LogP contribution in [0.1, 0.15) is 39.8 Å². The number of halogens is 4. The van der Waals surface area contributed by atoms with E-state index in [2.05, 4.69) is 15.3 Å². The fraction of sp³-hybridized carbons (Fsp3) is 0.182. The van der Waals surface area contributed by atoms with Gasteiger partial charge in [0, 0.05) is 23.6 Å². The Morgan fingerprint density at radius 3 is 2.67 bits per heavy atom. The van der Waals surface area contributed by atoms with E-state index in [9.17, 15) is 22.4 Å². The van der Waals surface area contributed by atoms with Gasteiger partial charge in [0.1, 0.15) is 29.0 Å². The highest BCUT2D eigenvalue weighted by atomic mass is 19.4. The molecule has 0 spiro atoms. The molecule has 4 rings (SSSR count). The Morgan fingerprint density at radius 1 is 1.27 bits per heavy atom. The molecule has 7 nitrogen and oxygen atoms in total. The summed E-state index contributed by atoms with van der Waals surface area (Å²) in [5.41, 5.74) is 4.42. The summed E-state index contributed by atoms with van der Waals surface area (Å²) < 4.78 is 55.4. The number of carbonyl (C=O) groups is 1. The number of benzene rings is 1. The predicted molar refractivity (Wildman–Crippen MR) is 111 cm³/mol. The molecule has 168 valence electrons. The minimum absolute atomic E-state index is 0.0441. The summed E-state index contributed by atoms with van der Waals surface area (Å²) in [4.78, 5) is 20.7. The van der Waals surface area contributed by atoms with Crippen LogP contribution in [0.25, 0.3) is 0 Å². The summed E-state index contributed by atoms with van der Waals surface area (Å²) >= 11 is 0. The van der Waals surface area contributed by atoms with E-state index < -0.39 is 29.0 Å². The molecule has 0 radical (unpaired) electrons. The Bertz CT molecular complexity index is 1320. The first-order valence-corrected chi connectivity index (χ1v) is 9.61. The van der Waals surface area contributed by atoms with Crippen molar-refractivity contribution in [1.82, 2.24) is 9.55 Å². The van der Waals surface area contributed by atoms with Gasteiger partial charge in [0.2, 0.25) is 0 Å². The number of alkyl halides is 3. The largest absolute Gasteiger partial charge is 0.417 e. The highest BCUT2D eigenvalue weighted by Gasteiger charge is 2.38. The first-order chi connectivity index (χ1) is 15.5. The van der Waals surface area contributed by atoms with Crippen LogP contribution in [0.15, 0.2) is 53.8 Å². The van der Waals surface area contributed by atoms with Crippen molar-refractivity contribution < 1.29 is 22.4 Å². The lowest BCUT2D eigenvalue weighted by Crippen LogP contribution is -2.37. The number of fused-ring (bicyclic) bond motifs is 1. The maximum Gasteiger partial charge on any atom is 0.417 e. The first kappa shape index (κ1) is 22.0. The third kappa shape index (κ3) is 4.15. The van der Waals surface area contributed by atoms with Crippen molar-refractivity contribution >= 4 is 17.4 Å². The van der Waals surface area contributed by atoms with Crippen molar-refractivity contribution in [2.45, 2.75) is 25.2 Å². The van der Waals surface area contributed by atoms with Crippen molar-refractivity contribution in [3.05, 3.63) is 82.7 Å². The minimum Gasteiger partial charge on any atom is -0.382 e. The monoisotopic (exact) mass is 456 g/mol. The molecule has 0 fully saturated rings. The van der Waals surface area contributed by atoms with Gasteiger partial charge in [0.25, 0.3) is 5.91 Å². The number of nitriles is 1. The fourth-order valence-electron chi connectivity index (χ4n) is 3.65. The number of nitrogens with one attached hydrogen (secondary N) is 1. The Morgan fingerprint density at radius 2 is 2.03 bits per heavy atom. The van der Waals surface area contributed by atoms with E-state index in [4.69, 9.17) is 11.0 Å². The van der Waals surface area contributed by atoms with Crippen LogP contribution in [-0.4, -0.2) is 21.3 Å². The zero-order valence-corrected chi connectivity index (χ0v) is 17.1. The van der Waals surface area contributed by atoms with Gasteiger partial charge < -0.3 is 15.6 Å². The third-order valence-electron chi connectivity index (χ3n) is 5.26. The maximum absolute atomic E-state index is 14.8. The normalized spacial score (nSPS) is 17.6.